The zero-order chi connectivity index (χ0) is 26.4. The molecule has 0 aromatic rings. The van der Waals surface area contributed by atoms with Gasteiger partial charge in [-0.15, -0.1) is 0 Å². The highest BCUT2D eigenvalue weighted by Gasteiger charge is 2.24. The molecule has 35 heavy (non-hydrogen) atoms. The molecule has 0 aromatic heterocycles. The molecule has 0 heterocycles. The van der Waals surface area contributed by atoms with Gasteiger partial charge >= 0.3 is 13.8 Å². The maximum atomic E-state index is 11.8. The van der Waals surface area contributed by atoms with Crippen molar-refractivity contribution in [1.29, 1.82) is 0 Å². The van der Waals surface area contributed by atoms with Crippen molar-refractivity contribution in [2.24, 2.45) is 0 Å². The van der Waals surface area contributed by atoms with E-state index in [2.05, 4.69) is 43.4 Å². The lowest BCUT2D eigenvalue weighted by Crippen LogP contribution is -2.37. The molecule has 0 saturated heterocycles. The van der Waals surface area contributed by atoms with Crippen LogP contribution in [0.1, 0.15) is 71.1 Å². The normalized spacial score (nSPS) is 15.3. The maximum absolute atomic E-state index is 11.8. The first-order chi connectivity index (χ1) is 16.6. The molecule has 0 aliphatic heterocycles. The topological polar surface area (TPSA) is 102 Å². The summed E-state index contributed by atoms with van der Waals surface area (Å²) in [4.78, 5) is 21.4. The zero-order valence-corrected chi connectivity index (χ0v) is 23.2. The van der Waals surface area contributed by atoms with E-state index in [1.54, 1.807) is 0 Å². The fraction of sp³-hybridized carbons (Fsp3) is 0.731. The number of carbonyl (C=O) groups excluding carboxylic acids is 1. The van der Waals surface area contributed by atoms with Gasteiger partial charge in [0.25, 0.3) is 0 Å². The van der Waals surface area contributed by atoms with Gasteiger partial charge in [0.15, 0.2) is 0 Å². The minimum Gasteiger partial charge on any atom is -0.463 e. The third-order valence-corrected chi connectivity index (χ3v) is 5.89. The molecular weight excluding hydrogens is 469 g/mol. The molecule has 0 saturated carbocycles. The average molecular weight is 519 g/mol. The maximum Gasteiger partial charge on any atom is 0.472 e. The largest absolute Gasteiger partial charge is 0.472 e. The smallest absolute Gasteiger partial charge is 0.463 e. The summed E-state index contributed by atoms with van der Waals surface area (Å²) in [6.45, 7) is 2.04. The van der Waals surface area contributed by atoms with Crippen molar-refractivity contribution in [3.8, 4) is 0 Å². The molecule has 0 aliphatic rings. The number of rotatable bonds is 22. The summed E-state index contributed by atoms with van der Waals surface area (Å²) in [5.74, 6) is -0.412. The predicted molar refractivity (Wildman–Crippen MR) is 141 cm³/mol. The van der Waals surface area contributed by atoms with Gasteiger partial charge in [0.1, 0.15) is 25.9 Å². The Morgan fingerprint density at radius 1 is 0.886 bits per heavy atom. The lowest BCUT2D eigenvalue weighted by Gasteiger charge is -2.24. The van der Waals surface area contributed by atoms with E-state index >= 15 is 0 Å². The Morgan fingerprint density at radius 3 is 2.03 bits per heavy atom. The van der Waals surface area contributed by atoms with Crippen molar-refractivity contribution in [1.82, 2.24) is 0 Å². The molecule has 9 heteroatoms. The number of phosphoric acid groups is 1. The minimum atomic E-state index is -4.25. The molecule has 0 bridgehead atoms. The molecule has 0 amide bonds. The first-order valence-electron chi connectivity index (χ1n) is 12.8. The Kier molecular flexibility index (Phi) is 20.1. The van der Waals surface area contributed by atoms with Crippen molar-refractivity contribution in [3.63, 3.8) is 0 Å². The van der Waals surface area contributed by atoms with Gasteiger partial charge in [-0.05, 0) is 44.9 Å². The van der Waals surface area contributed by atoms with E-state index in [1.807, 2.05) is 21.1 Å². The predicted octanol–water partition coefficient (Wildman–Crippen LogP) is 5.32. The Balaban J connectivity index is 3.73. The van der Waals surface area contributed by atoms with Gasteiger partial charge in [-0.1, -0.05) is 56.2 Å². The van der Waals surface area contributed by atoms with Crippen LogP contribution in [0.15, 0.2) is 36.5 Å². The molecule has 0 fully saturated rings. The minimum absolute atomic E-state index is 0.0467. The lowest BCUT2D eigenvalue weighted by atomic mass is 10.1. The molecule has 0 rings (SSSR count). The van der Waals surface area contributed by atoms with E-state index in [0.29, 0.717) is 17.4 Å². The van der Waals surface area contributed by atoms with Crippen LogP contribution in [0.25, 0.3) is 0 Å². The van der Waals surface area contributed by atoms with Crippen LogP contribution >= 0.6 is 7.82 Å². The standard InChI is InChI=1S/C26H48NO7P/c1-5-6-7-8-9-10-11-12-13-14-15-16-17-18-19-20-26(29)32-23-25(28)24-34-35(30,31)33-22-21-27(2,3)4/h9-10,12-13,15-16,25,28H,5-8,11,14,17-24H2,1-4H3/p+1/b10-9-,13-12-,16-15-/t25-/m1/s1. The van der Waals surface area contributed by atoms with Crippen LogP contribution in [0, 0.1) is 0 Å². The van der Waals surface area contributed by atoms with Crippen molar-refractivity contribution >= 4 is 13.8 Å². The number of phosphoric ester groups is 1. The van der Waals surface area contributed by atoms with Gasteiger partial charge in [0, 0.05) is 6.42 Å². The fourth-order valence-corrected chi connectivity index (χ4v) is 3.53. The second-order valence-corrected chi connectivity index (χ2v) is 11.0. The Morgan fingerprint density at radius 2 is 1.46 bits per heavy atom. The summed E-state index contributed by atoms with van der Waals surface area (Å²) in [5, 5.41) is 9.81. The number of allylic oxidation sites excluding steroid dienone is 6. The number of likely N-dealkylation sites (N-methyl/N-ethyl adjacent to an activating group) is 1. The van der Waals surface area contributed by atoms with Crippen LogP contribution in [0.3, 0.4) is 0 Å². The molecule has 0 aliphatic carbocycles. The monoisotopic (exact) mass is 518 g/mol. The molecule has 1 unspecified atom stereocenters. The number of hydrogen-bond donors (Lipinski definition) is 2. The number of carbonyl (C=O) groups is 1. The van der Waals surface area contributed by atoms with Gasteiger partial charge in [0.05, 0.1) is 27.7 Å². The summed E-state index contributed by atoms with van der Waals surface area (Å²) in [7, 11) is 1.53. The molecule has 0 spiro atoms. The second kappa shape index (κ2) is 20.9. The summed E-state index contributed by atoms with van der Waals surface area (Å²) >= 11 is 0. The molecule has 0 radical (unpaired) electrons. The first kappa shape index (κ1) is 33.7. The Hall–Kier alpha value is -1.28. The summed E-state index contributed by atoms with van der Waals surface area (Å²) < 4.78 is 27.0. The number of hydrogen-bond acceptors (Lipinski definition) is 6. The highest BCUT2D eigenvalue weighted by molar-refractivity contribution is 7.47. The highest BCUT2D eigenvalue weighted by atomic mass is 31.2. The Bertz CT molecular complexity index is 671. The summed E-state index contributed by atoms with van der Waals surface area (Å²) in [5.41, 5.74) is 0. The van der Waals surface area contributed by atoms with Crippen LogP contribution in [0.2, 0.25) is 0 Å². The number of quaternary nitrogens is 1. The van der Waals surface area contributed by atoms with Gasteiger partial charge in [-0.25, -0.2) is 4.57 Å². The number of aliphatic hydroxyl groups is 1. The van der Waals surface area contributed by atoms with Crippen molar-refractivity contribution in [3.05, 3.63) is 36.5 Å². The van der Waals surface area contributed by atoms with Gasteiger partial charge < -0.3 is 19.2 Å². The number of nitrogens with zero attached hydrogens (tertiary/aromatic N) is 1. The fourth-order valence-electron chi connectivity index (χ4n) is 2.78. The van der Waals surface area contributed by atoms with Gasteiger partial charge in [-0.2, -0.15) is 0 Å². The quantitative estimate of drug-likeness (QED) is 0.0657. The van der Waals surface area contributed by atoms with E-state index in [0.717, 1.165) is 25.7 Å². The SMILES string of the molecule is CCCCC/C=C\C/C=C\C/C=C\CCCCC(=O)OC[C@@H](O)COP(=O)(O)OCC[N+](C)(C)C. The molecule has 2 N–H and O–H groups in total. The van der Waals surface area contributed by atoms with Crippen molar-refractivity contribution < 1.29 is 37.6 Å². The van der Waals surface area contributed by atoms with E-state index in [-0.39, 0.29) is 19.6 Å². The molecule has 2 atom stereocenters. The summed E-state index contributed by atoms with van der Waals surface area (Å²) in [6, 6.07) is 0. The van der Waals surface area contributed by atoms with Crippen molar-refractivity contribution in [2.45, 2.75) is 77.2 Å². The van der Waals surface area contributed by atoms with Crippen LogP contribution in [-0.2, 0) is 23.1 Å². The molecule has 0 aromatic carbocycles. The van der Waals surface area contributed by atoms with E-state index in [1.165, 1.54) is 25.7 Å². The molecule has 8 nitrogen and oxygen atoms in total. The van der Waals surface area contributed by atoms with Crippen molar-refractivity contribution in [2.75, 3.05) is 47.5 Å². The third kappa shape index (κ3) is 25.6. The number of ether oxygens (including phenoxy) is 1. The van der Waals surface area contributed by atoms with Gasteiger partial charge in [0.2, 0.25) is 0 Å². The highest BCUT2D eigenvalue weighted by Crippen LogP contribution is 2.43. The zero-order valence-electron chi connectivity index (χ0n) is 22.3. The number of aliphatic hydroxyl groups excluding tert-OH is 1. The summed E-state index contributed by atoms with van der Waals surface area (Å²) in [6.07, 6.45) is 21.5. The van der Waals surface area contributed by atoms with Crippen LogP contribution in [-0.4, -0.2) is 74.1 Å². The second-order valence-electron chi connectivity index (χ2n) is 9.58. The lowest BCUT2D eigenvalue weighted by molar-refractivity contribution is -0.870. The third-order valence-electron chi connectivity index (χ3n) is 4.90. The molecule has 204 valence electrons. The van der Waals surface area contributed by atoms with Crippen LogP contribution in [0.4, 0.5) is 0 Å². The van der Waals surface area contributed by atoms with Crippen LogP contribution < -0.4 is 0 Å². The number of unbranched alkanes of at least 4 members (excludes halogenated alkanes) is 5. The molecular formula is C26H49NO7P+. The average Bonchev–Trinajstić information content (AvgIpc) is 2.78. The first-order valence-corrected chi connectivity index (χ1v) is 14.3. The van der Waals surface area contributed by atoms with E-state index in [4.69, 9.17) is 13.8 Å². The van der Waals surface area contributed by atoms with E-state index in [9.17, 15) is 19.4 Å². The van der Waals surface area contributed by atoms with Gasteiger partial charge in [-0.3, -0.25) is 13.8 Å². The Labute approximate surface area is 212 Å². The van der Waals surface area contributed by atoms with E-state index < -0.39 is 26.5 Å². The number of esters is 1. The van der Waals surface area contributed by atoms with Crippen LogP contribution in [0.5, 0.6) is 0 Å².